The Hall–Kier alpha value is -4.86. The van der Waals surface area contributed by atoms with Gasteiger partial charge in [0.2, 0.25) is 17.6 Å². The Balaban J connectivity index is 1.54. The number of benzene rings is 2. The summed E-state index contributed by atoms with van der Waals surface area (Å²) in [4.78, 5) is 18.1. The number of nitrogens with one attached hydrogen (secondary N) is 2. The molecule has 5 aromatic rings. The minimum Gasteiger partial charge on any atom is -0.493 e. The van der Waals surface area contributed by atoms with E-state index in [0.717, 1.165) is 16.7 Å². The van der Waals surface area contributed by atoms with Crippen molar-refractivity contribution in [1.29, 1.82) is 0 Å². The first-order valence-electron chi connectivity index (χ1n) is 10.7. The van der Waals surface area contributed by atoms with Crippen LogP contribution < -0.4 is 24.8 Å². The summed E-state index contributed by atoms with van der Waals surface area (Å²) >= 11 is 0. The summed E-state index contributed by atoms with van der Waals surface area (Å²) in [6.07, 6.45) is 5.14. The van der Waals surface area contributed by atoms with Crippen molar-refractivity contribution in [3.05, 3.63) is 73.2 Å². The summed E-state index contributed by atoms with van der Waals surface area (Å²) in [6, 6.07) is 17.0. The van der Waals surface area contributed by atoms with Gasteiger partial charge in [-0.3, -0.25) is 9.55 Å². The maximum absolute atomic E-state index is 5.45. The molecule has 5 rings (SSSR count). The molecule has 0 aliphatic carbocycles. The van der Waals surface area contributed by atoms with Crippen LogP contribution in [0.15, 0.2) is 73.2 Å². The third kappa shape index (κ3) is 4.36. The van der Waals surface area contributed by atoms with Crippen LogP contribution in [-0.2, 0) is 0 Å². The van der Waals surface area contributed by atoms with E-state index in [9.17, 15) is 0 Å². The van der Waals surface area contributed by atoms with E-state index in [-0.39, 0.29) is 0 Å². The van der Waals surface area contributed by atoms with Crippen LogP contribution in [0.25, 0.3) is 16.9 Å². The van der Waals surface area contributed by atoms with Crippen LogP contribution in [0.5, 0.6) is 17.2 Å². The van der Waals surface area contributed by atoms with Crippen molar-refractivity contribution in [3.63, 3.8) is 0 Å². The lowest BCUT2D eigenvalue weighted by Crippen LogP contribution is -2.06. The van der Waals surface area contributed by atoms with Gasteiger partial charge in [0.15, 0.2) is 11.5 Å². The van der Waals surface area contributed by atoms with Gasteiger partial charge in [0.25, 0.3) is 0 Å². The summed E-state index contributed by atoms with van der Waals surface area (Å²) in [6.45, 7) is 0. The van der Waals surface area contributed by atoms with Crippen LogP contribution in [0.3, 0.4) is 0 Å². The van der Waals surface area contributed by atoms with Crippen LogP contribution in [0.1, 0.15) is 0 Å². The van der Waals surface area contributed by atoms with Crippen molar-refractivity contribution >= 4 is 34.3 Å². The Morgan fingerprint density at radius 2 is 1.57 bits per heavy atom. The Morgan fingerprint density at radius 3 is 2.29 bits per heavy atom. The summed E-state index contributed by atoms with van der Waals surface area (Å²) in [5, 5.41) is 6.56. The molecule has 0 saturated heterocycles. The zero-order valence-corrected chi connectivity index (χ0v) is 19.4. The van der Waals surface area contributed by atoms with Crippen molar-refractivity contribution < 1.29 is 14.2 Å². The van der Waals surface area contributed by atoms with Crippen molar-refractivity contribution in [1.82, 2.24) is 24.5 Å². The molecule has 0 radical (unpaired) electrons. The van der Waals surface area contributed by atoms with Gasteiger partial charge in [-0.05, 0) is 24.3 Å². The normalized spacial score (nSPS) is 10.7. The summed E-state index contributed by atoms with van der Waals surface area (Å²) in [7, 11) is 4.70. The molecule has 0 amide bonds. The SMILES string of the molecule is COc1cc(Nc2nccc(-n3c(Nc4cccnc4)nc4ccccc43)n2)cc(OC)c1OC. The van der Waals surface area contributed by atoms with Gasteiger partial charge in [0.05, 0.1) is 44.2 Å². The zero-order valence-electron chi connectivity index (χ0n) is 19.4. The highest BCUT2D eigenvalue weighted by molar-refractivity contribution is 5.82. The topological polar surface area (TPSA) is 108 Å². The minimum absolute atomic E-state index is 0.391. The molecule has 0 spiro atoms. The molecule has 3 aromatic heterocycles. The second kappa shape index (κ2) is 9.56. The minimum atomic E-state index is 0.391. The number of para-hydroxylation sites is 2. The average molecular weight is 470 g/mol. The van der Waals surface area contributed by atoms with Crippen molar-refractivity contribution in [2.75, 3.05) is 32.0 Å². The van der Waals surface area contributed by atoms with Crippen LogP contribution >= 0.6 is 0 Å². The first-order valence-corrected chi connectivity index (χ1v) is 10.7. The predicted octanol–water partition coefficient (Wildman–Crippen LogP) is 4.72. The lowest BCUT2D eigenvalue weighted by atomic mass is 10.2. The fraction of sp³-hybridized carbons (Fsp3) is 0.120. The molecule has 2 N–H and O–H groups in total. The molecule has 0 atom stereocenters. The molecule has 10 nitrogen and oxygen atoms in total. The molecule has 0 fully saturated rings. The van der Waals surface area contributed by atoms with Gasteiger partial charge in [0.1, 0.15) is 5.82 Å². The van der Waals surface area contributed by atoms with Gasteiger partial charge in [-0.2, -0.15) is 4.98 Å². The number of rotatable bonds is 8. The van der Waals surface area contributed by atoms with Gasteiger partial charge in [0, 0.05) is 36.3 Å². The Kier molecular flexibility index (Phi) is 6.00. The lowest BCUT2D eigenvalue weighted by Gasteiger charge is -2.15. The average Bonchev–Trinajstić information content (AvgIpc) is 3.26. The number of pyridine rings is 1. The van der Waals surface area contributed by atoms with E-state index >= 15 is 0 Å². The quantitative estimate of drug-likeness (QED) is 0.334. The van der Waals surface area contributed by atoms with Crippen LogP contribution in [-0.4, -0.2) is 45.8 Å². The smallest absolute Gasteiger partial charge is 0.229 e. The van der Waals surface area contributed by atoms with Gasteiger partial charge < -0.3 is 24.8 Å². The fourth-order valence-corrected chi connectivity index (χ4v) is 3.72. The van der Waals surface area contributed by atoms with Crippen LogP contribution in [0.2, 0.25) is 0 Å². The van der Waals surface area contributed by atoms with Gasteiger partial charge in [-0.25, -0.2) is 9.97 Å². The molecule has 2 aromatic carbocycles. The van der Waals surface area contributed by atoms with E-state index in [1.165, 1.54) is 0 Å². The number of anilines is 4. The van der Waals surface area contributed by atoms with Gasteiger partial charge >= 0.3 is 0 Å². The number of nitrogens with zero attached hydrogens (tertiary/aromatic N) is 5. The fourth-order valence-electron chi connectivity index (χ4n) is 3.72. The molecule has 0 unspecified atom stereocenters. The van der Waals surface area contributed by atoms with E-state index in [4.69, 9.17) is 24.2 Å². The first kappa shape index (κ1) is 22.0. The number of hydrogen-bond acceptors (Lipinski definition) is 9. The molecule has 0 aliphatic rings. The lowest BCUT2D eigenvalue weighted by molar-refractivity contribution is 0.324. The highest BCUT2D eigenvalue weighted by atomic mass is 16.5. The second-order valence-corrected chi connectivity index (χ2v) is 7.40. The number of aromatic nitrogens is 5. The molecule has 0 bridgehead atoms. The van der Waals surface area contributed by atoms with Crippen LogP contribution in [0.4, 0.5) is 23.3 Å². The standard InChI is InChI=1S/C25H23N7O3/c1-33-20-13-17(14-21(34-2)23(20)35-3)28-24-27-12-10-22(31-24)32-19-9-5-4-8-18(19)30-25(32)29-16-7-6-11-26-15-16/h4-15H,1-3H3,(H,29,30)(H,27,28,31). The first-order chi connectivity index (χ1) is 17.2. The Labute approximate surface area is 201 Å². The number of methoxy groups -OCH3 is 3. The summed E-state index contributed by atoms with van der Waals surface area (Å²) < 4.78 is 18.2. The Morgan fingerprint density at radius 1 is 0.771 bits per heavy atom. The van der Waals surface area contributed by atoms with E-state index in [2.05, 4.69) is 20.6 Å². The Bertz CT molecular complexity index is 1450. The predicted molar refractivity (Wildman–Crippen MR) is 134 cm³/mol. The molecular weight excluding hydrogens is 446 g/mol. The third-order valence-corrected chi connectivity index (χ3v) is 5.27. The van der Waals surface area contributed by atoms with Crippen LogP contribution in [0, 0.1) is 0 Å². The molecule has 176 valence electrons. The monoisotopic (exact) mass is 469 g/mol. The highest BCUT2D eigenvalue weighted by Crippen LogP contribution is 2.40. The summed E-state index contributed by atoms with van der Waals surface area (Å²) in [5.74, 6) is 3.18. The zero-order chi connectivity index (χ0) is 24.2. The van der Waals surface area contributed by atoms with Crippen molar-refractivity contribution in [3.8, 4) is 23.1 Å². The molecule has 0 aliphatic heterocycles. The molecule has 0 saturated carbocycles. The second-order valence-electron chi connectivity index (χ2n) is 7.40. The number of ether oxygens (including phenoxy) is 3. The van der Waals surface area contributed by atoms with Gasteiger partial charge in [-0.15, -0.1) is 0 Å². The van der Waals surface area contributed by atoms with Gasteiger partial charge in [-0.1, -0.05) is 12.1 Å². The van der Waals surface area contributed by atoms with E-state index in [1.807, 2.05) is 47.0 Å². The largest absolute Gasteiger partial charge is 0.493 e. The number of fused-ring (bicyclic) bond motifs is 1. The number of imidazole rings is 1. The maximum atomic E-state index is 5.45. The maximum Gasteiger partial charge on any atom is 0.229 e. The molecular formula is C25H23N7O3. The summed E-state index contributed by atoms with van der Waals surface area (Å²) in [5.41, 5.74) is 3.22. The highest BCUT2D eigenvalue weighted by Gasteiger charge is 2.16. The molecule has 3 heterocycles. The number of hydrogen-bond donors (Lipinski definition) is 2. The van der Waals surface area contributed by atoms with E-state index < -0.39 is 0 Å². The molecule has 35 heavy (non-hydrogen) atoms. The van der Waals surface area contributed by atoms with Crippen molar-refractivity contribution in [2.24, 2.45) is 0 Å². The molecule has 10 heteroatoms. The third-order valence-electron chi connectivity index (χ3n) is 5.27. The van der Waals surface area contributed by atoms with E-state index in [1.54, 1.807) is 52.1 Å². The van der Waals surface area contributed by atoms with Crippen molar-refractivity contribution in [2.45, 2.75) is 0 Å². The van der Waals surface area contributed by atoms with E-state index in [0.29, 0.717) is 40.7 Å².